The molecular formula is C26H28N2O5S. The average molecular weight is 481 g/mol. The number of carbonyl (C=O) groups is 1. The third-order valence-electron chi connectivity index (χ3n) is 5.92. The number of amides is 1. The molecule has 34 heavy (non-hydrogen) atoms. The van der Waals surface area contributed by atoms with Crippen LogP contribution in [0.2, 0.25) is 0 Å². The van der Waals surface area contributed by atoms with E-state index in [1.807, 2.05) is 31.2 Å². The lowest BCUT2D eigenvalue weighted by Crippen LogP contribution is -2.51. The molecule has 0 fully saturated rings. The highest BCUT2D eigenvalue weighted by Gasteiger charge is 2.37. The summed E-state index contributed by atoms with van der Waals surface area (Å²) in [5.41, 5.74) is 2.57. The number of rotatable bonds is 7. The maximum atomic E-state index is 13.5. The number of hydrogen-bond donors (Lipinski definition) is 1. The number of sulfonamides is 1. The molecular weight excluding hydrogens is 452 g/mol. The second kappa shape index (κ2) is 9.77. The minimum atomic E-state index is -3.94. The van der Waals surface area contributed by atoms with Gasteiger partial charge in [0.15, 0.2) is 6.10 Å². The van der Waals surface area contributed by atoms with E-state index in [2.05, 4.69) is 12.2 Å². The highest BCUT2D eigenvalue weighted by Crippen LogP contribution is 2.37. The fourth-order valence-corrected chi connectivity index (χ4v) is 5.35. The number of nitrogens with zero attached hydrogens (tertiary/aromatic N) is 1. The maximum absolute atomic E-state index is 13.5. The third-order valence-corrected chi connectivity index (χ3v) is 7.72. The van der Waals surface area contributed by atoms with Crippen LogP contribution in [-0.2, 0) is 21.2 Å². The average Bonchev–Trinajstić information content (AvgIpc) is 2.87. The first-order valence-corrected chi connectivity index (χ1v) is 12.6. The van der Waals surface area contributed by atoms with Gasteiger partial charge in [0, 0.05) is 0 Å². The number of benzene rings is 3. The Morgan fingerprint density at radius 2 is 1.76 bits per heavy atom. The van der Waals surface area contributed by atoms with Gasteiger partial charge in [0.1, 0.15) is 11.5 Å². The minimum absolute atomic E-state index is 0.105. The highest BCUT2D eigenvalue weighted by atomic mass is 32.2. The Kier molecular flexibility index (Phi) is 6.79. The molecule has 0 radical (unpaired) electrons. The van der Waals surface area contributed by atoms with Gasteiger partial charge in [0.05, 0.1) is 30.3 Å². The first-order valence-electron chi connectivity index (χ1n) is 11.1. The van der Waals surface area contributed by atoms with Gasteiger partial charge in [-0.25, -0.2) is 8.42 Å². The summed E-state index contributed by atoms with van der Waals surface area (Å²) in [6, 6.07) is 20.8. The van der Waals surface area contributed by atoms with Crippen LogP contribution < -0.4 is 19.1 Å². The van der Waals surface area contributed by atoms with Crippen molar-refractivity contribution in [1.82, 2.24) is 5.32 Å². The van der Waals surface area contributed by atoms with Gasteiger partial charge in [-0.3, -0.25) is 9.10 Å². The standard InChI is InChI=1S/C26H28N2O5S/c1-4-19-9-11-20(12-10-19)18(2)27-26(29)25-17-28(23-7-5-6-8-24(23)33-25)34(30,31)22-15-13-21(32-3)14-16-22/h5-16,18,25H,4,17H2,1-3H3,(H,27,29)/t18-,25-/m0/s1. The van der Waals surface area contributed by atoms with Gasteiger partial charge in [-0.05, 0) is 60.9 Å². The molecule has 178 valence electrons. The number of fused-ring (bicyclic) bond motifs is 1. The lowest BCUT2D eigenvalue weighted by molar-refractivity contribution is -0.128. The topological polar surface area (TPSA) is 84.9 Å². The van der Waals surface area contributed by atoms with Crippen molar-refractivity contribution in [3.8, 4) is 11.5 Å². The van der Waals surface area contributed by atoms with E-state index in [1.165, 1.54) is 29.1 Å². The summed E-state index contributed by atoms with van der Waals surface area (Å²) in [6.07, 6.45) is -0.0604. The fraction of sp³-hybridized carbons (Fsp3) is 0.269. The molecule has 7 nitrogen and oxygen atoms in total. The van der Waals surface area contributed by atoms with E-state index in [9.17, 15) is 13.2 Å². The quantitative estimate of drug-likeness (QED) is 0.551. The van der Waals surface area contributed by atoms with Gasteiger partial charge >= 0.3 is 0 Å². The molecule has 1 N–H and O–H groups in total. The van der Waals surface area contributed by atoms with E-state index in [0.29, 0.717) is 17.2 Å². The van der Waals surface area contributed by atoms with Crippen LogP contribution in [0.25, 0.3) is 0 Å². The molecule has 2 atom stereocenters. The molecule has 4 rings (SSSR count). The molecule has 0 spiro atoms. The molecule has 0 unspecified atom stereocenters. The van der Waals surface area contributed by atoms with Crippen LogP contribution in [-0.4, -0.2) is 34.1 Å². The van der Waals surface area contributed by atoms with Gasteiger partial charge in [0.2, 0.25) is 0 Å². The van der Waals surface area contributed by atoms with E-state index in [-0.39, 0.29) is 23.4 Å². The molecule has 8 heteroatoms. The van der Waals surface area contributed by atoms with Gasteiger partial charge in [-0.1, -0.05) is 43.3 Å². The number of para-hydroxylation sites is 2. The van der Waals surface area contributed by atoms with Crippen molar-refractivity contribution in [3.63, 3.8) is 0 Å². The number of ether oxygens (including phenoxy) is 2. The summed E-state index contributed by atoms with van der Waals surface area (Å²) < 4.78 is 39.3. The van der Waals surface area contributed by atoms with Crippen LogP contribution in [0.1, 0.15) is 31.0 Å². The summed E-state index contributed by atoms with van der Waals surface area (Å²) in [6.45, 7) is 3.84. The van der Waals surface area contributed by atoms with E-state index < -0.39 is 16.1 Å². The number of aryl methyl sites for hydroxylation is 1. The van der Waals surface area contributed by atoms with E-state index in [1.54, 1.807) is 36.4 Å². The number of nitrogens with one attached hydrogen (secondary N) is 1. The predicted octanol–water partition coefficient (Wildman–Crippen LogP) is 4.09. The van der Waals surface area contributed by atoms with Crippen LogP contribution in [0.3, 0.4) is 0 Å². The molecule has 0 aliphatic carbocycles. The fourth-order valence-electron chi connectivity index (χ4n) is 3.87. The number of hydrogen-bond acceptors (Lipinski definition) is 5. The normalized spacial score (nSPS) is 16.2. The zero-order chi connectivity index (χ0) is 24.3. The second-order valence-electron chi connectivity index (χ2n) is 8.11. The van der Waals surface area contributed by atoms with Gasteiger partial charge < -0.3 is 14.8 Å². The Hall–Kier alpha value is -3.52. The number of methoxy groups -OCH3 is 1. The first-order chi connectivity index (χ1) is 16.3. The van der Waals surface area contributed by atoms with Gasteiger partial charge in [-0.2, -0.15) is 0 Å². The molecule has 3 aromatic carbocycles. The van der Waals surface area contributed by atoms with Crippen molar-refractivity contribution >= 4 is 21.6 Å². The molecule has 1 heterocycles. The monoisotopic (exact) mass is 480 g/mol. The number of anilines is 1. The smallest absolute Gasteiger partial charge is 0.264 e. The first kappa shape index (κ1) is 23.6. The van der Waals surface area contributed by atoms with Crippen LogP contribution in [0.15, 0.2) is 77.7 Å². The highest BCUT2D eigenvalue weighted by molar-refractivity contribution is 7.92. The van der Waals surface area contributed by atoms with E-state index in [4.69, 9.17) is 9.47 Å². The molecule has 0 bridgehead atoms. The largest absolute Gasteiger partial charge is 0.497 e. The van der Waals surface area contributed by atoms with Crippen molar-refractivity contribution in [2.45, 2.75) is 37.3 Å². The lowest BCUT2D eigenvalue weighted by Gasteiger charge is -2.35. The van der Waals surface area contributed by atoms with Crippen LogP contribution in [0, 0.1) is 0 Å². The van der Waals surface area contributed by atoms with Gasteiger partial charge in [0.25, 0.3) is 15.9 Å². The second-order valence-corrected chi connectivity index (χ2v) is 9.97. The molecule has 0 aromatic heterocycles. The third kappa shape index (κ3) is 4.72. The molecule has 1 amide bonds. The lowest BCUT2D eigenvalue weighted by atomic mass is 10.0. The van der Waals surface area contributed by atoms with Crippen molar-refractivity contribution in [1.29, 1.82) is 0 Å². The maximum Gasteiger partial charge on any atom is 0.264 e. The Labute approximate surface area is 200 Å². The van der Waals surface area contributed by atoms with Crippen molar-refractivity contribution in [2.24, 2.45) is 0 Å². The molecule has 0 saturated carbocycles. The Bertz CT molecular complexity index is 1260. The summed E-state index contributed by atoms with van der Waals surface area (Å²) >= 11 is 0. The van der Waals surface area contributed by atoms with E-state index in [0.717, 1.165) is 12.0 Å². The predicted molar refractivity (Wildman–Crippen MR) is 131 cm³/mol. The van der Waals surface area contributed by atoms with Crippen molar-refractivity contribution in [2.75, 3.05) is 18.0 Å². The summed E-state index contributed by atoms with van der Waals surface area (Å²) in [5.74, 6) is 0.516. The SMILES string of the molecule is CCc1ccc([C@H](C)NC(=O)[C@@H]2CN(S(=O)(=O)c3ccc(OC)cc3)c3ccccc3O2)cc1. The van der Waals surface area contributed by atoms with Gasteiger partial charge in [-0.15, -0.1) is 0 Å². The Balaban J connectivity index is 1.58. The summed E-state index contributed by atoms with van der Waals surface area (Å²) in [5, 5.41) is 2.96. The van der Waals surface area contributed by atoms with E-state index >= 15 is 0 Å². The van der Waals surface area contributed by atoms with Crippen molar-refractivity contribution in [3.05, 3.63) is 83.9 Å². The molecule has 0 saturated heterocycles. The molecule has 1 aliphatic heterocycles. The zero-order valence-electron chi connectivity index (χ0n) is 19.4. The molecule has 1 aliphatic rings. The van der Waals surface area contributed by atoms with Crippen molar-refractivity contribution < 1.29 is 22.7 Å². The summed E-state index contributed by atoms with van der Waals surface area (Å²) in [4.78, 5) is 13.2. The van der Waals surface area contributed by atoms with Crippen LogP contribution in [0.5, 0.6) is 11.5 Å². The van der Waals surface area contributed by atoms with Crippen LogP contribution >= 0.6 is 0 Å². The number of carbonyl (C=O) groups excluding carboxylic acids is 1. The Morgan fingerprint density at radius 3 is 2.41 bits per heavy atom. The zero-order valence-corrected chi connectivity index (χ0v) is 20.2. The van der Waals surface area contributed by atoms with Crippen LogP contribution in [0.4, 0.5) is 5.69 Å². The minimum Gasteiger partial charge on any atom is -0.497 e. The molecule has 3 aromatic rings. The Morgan fingerprint density at radius 1 is 1.09 bits per heavy atom. The summed E-state index contributed by atoms with van der Waals surface area (Å²) in [7, 11) is -2.42.